The molecule has 3 N–H and O–H groups in total. The minimum absolute atomic E-state index is 0.566. The van der Waals surface area contributed by atoms with E-state index in [0.29, 0.717) is 12.2 Å². The summed E-state index contributed by atoms with van der Waals surface area (Å²) in [5, 5.41) is 3.30. The molecular weight excluding hydrogens is 266 g/mol. The Balaban J connectivity index is 1.88. The molecule has 0 radical (unpaired) electrons. The van der Waals surface area contributed by atoms with E-state index in [2.05, 4.69) is 15.3 Å². The van der Waals surface area contributed by atoms with Gasteiger partial charge in [-0.05, 0) is 24.3 Å². The van der Waals surface area contributed by atoms with Crippen LogP contribution >= 0.6 is 0 Å². The van der Waals surface area contributed by atoms with Crippen molar-refractivity contribution in [1.29, 1.82) is 0 Å². The van der Waals surface area contributed by atoms with Gasteiger partial charge in [0.2, 0.25) is 0 Å². The van der Waals surface area contributed by atoms with Crippen molar-refractivity contribution in [2.45, 2.75) is 6.54 Å². The van der Waals surface area contributed by atoms with Crippen molar-refractivity contribution in [3.05, 3.63) is 42.4 Å². The number of nitrogens with zero attached hydrogens (tertiary/aromatic N) is 3. The van der Waals surface area contributed by atoms with Gasteiger partial charge in [0.25, 0.3) is 0 Å². The van der Waals surface area contributed by atoms with Crippen molar-refractivity contribution in [2.75, 3.05) is 18.2 Å². The third kappa shape index (κ3) is 2.47. The van der Waals surface area contributed by atoms with Crippen LogP contribution in [0.15, 0.2) is 36.8 Å². The average Bonchev–Trinajstić information content (AvgIpc) is 2.87. The highest BCUT2D eigenvalue weighted by Gasteiger charge is 2.08. The molecule has 2 heterocycles. The number of aromatic nitrogens is 3. The molecule has 0 unspecified atom stereocenters. The van der Waals surface area contributed by atoms with Gasteiger partial charge in [-0.1, -0.05) is 0 Å². The third-order valence-electron chi connectivity index (χ3n) is 3.39. The maximum atomic E-state index is 5.83. The maximum absolute atomic E-state index is 5.83. The van der Waals surface area contributed by atoms with Gasteiger partial charge in [0.05, 0.1) is 19.0 Å². The van der Waals surface area contributed by atoms with Gasteiger partial charge >= 0.3 is 0 Å². The summed E-state index contributed by atoms with van der Waals surface area (Å²) in [7, 11) is 3.60. The summed E-state index contributed by atoms with van der Waals surface area (Å²) in [5.74, 6) is 1.54. The zero-order chi connectivity index (χ0) is 14.8. The lowest BCUT2D eigenvalue weighted by molar-refractivity contribution is 0.410. The lowest BCUT2D eigenvalue weighted by Gasteiger charge is -2.11. The van der Waals surface area contributed by atoms with E-state index >= 15 is 0 Å². The topological polar surface area (TPSA) is 78.0 Å². The van der Waals surface area contributed by atoms with Crippen LogP contribution in [0.5, 0.6) is 5.75 Å². The van der Waals surface area contributed by atoms with E-state index in [1.165, 1.54) is 0 Å². The second kappa shape index (κ2) is 5.32. The zero-order valence-electron chi connectivity index (χ0n) is 12.0. The molecule has 108 valence electrons. The van der Waals surface area contributed by atoms with E-state index < -0.39 is 0 Å². The molecule has 1 aromatic carbocycles. The molecule has 0 bridgehead atoms. The van der Waals surface area contributed by atoms with Crippen LogP contribution in [-0.2, 0) is 13.6 Å². The Hall–Kier alpha value is -2.76. The molecule has 0 saturated heterocycles. The number of benzene rings is 1. The Bertz CT molecular complexity index is 781. The van der Waals surface area contributed by atoms with Crippen LogP contribution in [0.25, 0.3) is 11.0 Å². The number of nitrogens with one attached hydrogen (secondary N) is 1. The Morgan fingerprint density at radius 2 is 2.14 bits per heavy atom. The Labute approximate surface area is 122 Å². The second-order valence-corrected chi connectivity index (χ2v) is 4.81. The Kier molecular flexibility index (Phi) is 3.35. The summed E-state index contributed by atoms with van der Waals surface area (Å²) >= 11 is 0. The lowest BCUT2D eigenvalue weighted by atomic mass is 10.1. The quantitative estimate of drug-likeness (QED) is 0.717. The lowest BCUT2D eigenvalue weighted by Crippen LogP contribution is -2.04. The van der Waals surface area contributed by atoms with Crippen molar-refractivity contribution < 1.29 is 4.74 Å². The van der Waals surface area contributed by atoms with E-state index in [1.54, 1.807) is 19.6 Å². The van der Waals surface area contributed by atoms with Gasteiger partial charge in [-0.25, -0.2) is 9.97 Å². The fraction of sp³-hybridized carbons (Fsp3) is 0.200. The van der Waals surface area contributed by atoms with E-state index in [0.717, 1.165) is 28.2 Å². The molecule has 0 aliphatic carbocycles. The van der Waals surface area contributed by atoms with Crippen molar-refractivity contribution in [1.82, 2.24) is 14.5 Å². The first kappa shape index (κ1) is 13.2. The van der Waals surface area contributed by atoms with Crippen molar-refractivity contribution in [2.24, 2.45) is 7.05 Å². The van der Waals surface area contributed by atoms with Crippen LogP contribution in [0, 0.1) is 0 Å². The molecular formula is C15H17N5O. The molecule has 2 aromatic heterocycles. The Morgan fingerprint density at radius 1 is 1.29 bits per heavy atom. The summed E-state index contributed by atoms with van der Waals surface area (Å²) in [6, 6.07) is 7.51. The molecule has 0 amide bonds. The van der Waals surface area contributed by atoms with E-state index in [1.807, 2.05) is 35.9 Å². The number of fused-ring (bicyclic) bond motifs is 1. The number of ether oxygens (including phenoxy) is 1. The number of imidazole rings is 1. The molecule has 6 nitrogen and oxygen atoms in total. The smallest absolute Gasteiger partial charge is 0.154 e. The van der Waals surface area contributed by atoms with Gasteiger partial charge in [-0.15, -0.1) is 0 Å². The van der Waals surface area contributed by atoms with E-state index in [-0.39, 0.29) is 0 Å². The standard InChI is InChI=1S/C15H17N5O/c1-20-9-19-14-12(20)5-6-17-15(14)18-8-10-7-11(16)3-4-13(10)21-2/h3-7,9H,8,16H2,1-2H3,(H,17,18). The summed E-state index contributed by atoms with van der Waals surface area (Å²) in [5.41, 5.74) is 9.40. The number of pyridine rings is 1. The molecule has 0 saturated carbocycles. The SMILES string of the molecule is COc1ccc(N)cc1CNc1nccc2c1ncn2C. The number of methoxy groups -OCH3 is 1. The summed E-state index contributed by atoms with van der Waals surface area (Å²) in [4.78, 5) is 8.73. The minimum atomic E-state index is 0.566. The highest BCUT2D eigenvalue weighted by molar-refractivity contribution is 5.85. The fourth-order valence-electron chi connectivity index (χ4n) is 2.31. The summed E-state index contributed by atoms with van der Waals surface area (Å²) in [6.07, 6.45) is 3.54. The van der Waals surface area contributed by atoms with E-state index in [9.17, 15) is 0 Å². The predicted octanol–water partition coefficient (Wildman–Crippen LogP) is 2.17. The van der Waals surface area contributed by atoms with Crippen LogP contribution in [0.3, 0.4) is 0 Å². The predicted molar refractivity (Wildman–Crippen MR) is 83.2 cm³/mol. The van der Waals surface area contributed by atoms with Gasteiger partial charge in [0.15, 0.2) is 5.82 Å². The van der Waals surface area contributed by atoms with Crippen molar-refractivity contribution in [3.8, 4) is 5.75 Å². The maximum Gasteiger partial charge on any atom is 0.154 e. The van der Waals surface area contributed by atoms with Crippen molar-refractivity contribution in [3.63, 3.8) is 0 Å². The summed E-state index contributed by atoms with van der Waals surface area (Å²) in [6.45, 7) is 0.566. The molecule has 0 spiro atoms. The number of hydrogen-bond acceptors (Lipinski definition) is 5. The number of nitrogens with two attached hydrogens (primary N) is 1. The average molecular weight is 283 g/mol. The first-order chi connectivity index (χ1) is 10.2. The number of aryl methyl sites for hydroxylation is 1. The third-order valence-corrected chi connectivity index (χ3v) is 3.39. The molecule has 3 rings (SSSR count). The number of hydrogen-bond donors (Lipinski definition) is 2. The monoisotopic (exact) mass is 283 g/mol. The fourth-order valence-corrected chi connectivity index (χ4v) is 2.31. The number of rotatable bonds is 4. The minimum Gasteiger partial charge on any atom is -0.496 e. The van der Waals surface area contributed by atoms with Crippen LogP contribution in [0.1, 0.15) is 5.56 Å². The van der Waals surface area contributed by atoms with Gasteiger partial charge in [-0.3, -0.25) is 0 Å². The van der Waals surface area contributed by atoms with Crippen LogP contribution < -0.4 is 15.8 Å². The molecule has 0 fully saturated rings. The molecule has 0 aliphatic heterocycles. The molecule has 0 aliphatic rings. The normalized spacial score (nSPS) is 10.8. The van der Waals surface area contributed by atoms with Gasteiger partial charge in [0.1, 0.15) is 11.3 Å². The molecule has 6 heteroatoms. The molecule has 0 atom stereocenters. The van der Waals surface area contributed by atoms with Gasteiger partial charge in [0, 0.05) is 31.0 Å². The number of nitrogen functional groups attached to an aromatic ring is 1. The van der Waals surface area contributed by atoms with Gasteiger partial charge in [-0.2, -0.15) is 0 Å². The molecule has 3 aromatic rings. The molecule has 21 heavy (non-hydrogen) atoms. The zero-order valence-corrected chi connectivity index (χ0v) is 12.0. The second-order valence-electron chi connectivity index (χ2n) is 4.81. The van der Waals surface area contributed by atoms with Crippen molar-refractivity contribution >= 4 is 22.5 Å². The van der Waals surface area contributed by atoms with Crippen LogP contribution in [-0.4, -0.2) is 21.6 Å². The highest BCUT2D eigenvalue weighted by atomic mass is 16.5. The largest absolute Gasteiger partial charge is 0.496 e. The first-order valence-electron chi connectivity index (χ1n) is 6.61. The Morgan fingerprint density at radius 3 is 2.95 bits per heavy atom. The first-order valence-corrected chi connectivity index (χ1v) is 6.61. The van der Waals surface area contributed by atoms with Gasteiger partial charge < -0.3 is 20.4 Å². The summed E-state index contributed by atoms with van der Waals surface area (Å²) < 4.78 is 7.31. The van der Waals surface area contributed by atoms with E-state index in [4.69, 9.17) is 10.5 Å². The van der Waals surface area contributed by atoms with Crippen LogP contribution in [0.2, 0.25) is 0 Å². The highest BCUT2D eigenvalue weighted by Crippen LogP contribution is 2.24. The van der Waals surface area contributed by atoms with Crippen LogP contribution in [0.4, 0.5) is 11.5 Å². The number of anilines is 2.